The number of hydrogen-bond donors (Lipinski definition) is 0. The van der Waals surface area contributed by atoms with Crippen molar-refractivity contribution < 1.29 is 9.47 Å². The normalized spacial score (nSPS) is 14.7. The highest BCUT2D eigenvalue weighted by Crippen LogP contribution is 2.32. The maximum Gasteiger partial charge on any atom is 0.261 e. The van der Waals surface area contributed by atoms with Crippen molar-refractivity contribution >= 4 is 34.2 Å². The van der Waals surface area contributed by atoms with Crippen molar-refractivity contribution in [1.82, 2.24) is 9.55 Å². The number of nitrogens with zero attached hydrogens (tertiary/aromatic N) is 2. The maximum atomic E-state index is 12.7. The third-order valence-electron chi connectivity index (χ3n) is 4.56. The summed E-state index contributed by atoms with van der Waals surface area (Å²) in [7, 11) is 3.21. The van der Waals surface area contributed by atoms with Crippen LogP contribution in [0.2, 0.25) is 5.02 Å². The standard InChI is InChI=1S/C20H17ClN2O3/c1-25-17-6-3-12(10-18(17)26-2)9-13-7-8-23-19(13)22-16-11-14(21)4-5-15(16)20(23)24/h3-6,9-11H,7-8H2,1-2H3/b13-9+. The summed E-state index contributed by atoms with van der Waals surface area (Å²) in [6.07, 6.45) is 2.78. The number of methoxy groups -OCH3 is 2. The van der Waals surface area contributed by atoms with Crippen molar-refractivity contribution in [1.29, 1.82) is 0 Å². The molecule has 1 aliphatic rings. The van der Waals surface area contributed by atoms with Crippen LogP contribution in [0.5, 0.6) is 11.5 Å². The Morgan fingerprint density at radius 3 is 2.69 bits per heavy atom. The molecule has 0 unspecified atom stereocenters. The highest BCUT2D eigenvalue weighted by molar-refractivity contribution is 6.31. The number of fused-ring (bicyclic) bond motifs is 2. The summed E-state index contributed by atoms with van der Waals surface area (Å²) >= 11 is 6.06. The van der Waals surface area contributed by atoms with E-state index in [0.717, 1.165) is 17.6 Å². The molecule has 0 amide bonds. The average molecular weight is 369 g/mol. The van der Waals surface area contributed by atoms with Gasteiger partial charge in [0.2, 0.25) is 0 Å². The highest BCUT2D eigenvalue weighted by Gasteiger charge is 2.21. The molecule has 0 spiro atoms. The van der Waals surface area contributed by atoms with Gasteiger partial charge < -0.3 is 9.47 Å². The quantitative estimate of drug-likeness (QED) is 0.701. The van der Waals surface area contributed by atoms with Crippen LogP contribution in [0.3, 0.4) is 0 Å². The van der Waals surface area contributed by atoms with Crippen LogP contribution in [0.15, 0.2) is 41.2 Å². The van der Waals surface area contributed by atoms with E-state index in [9.17, 15) is 4.79 Å². The van der Waals surface area contributed by atoms with Crippen molar-refractivity contribution in [2.24, 2.45) is 0 Å². The van der Waals surface area contributed by atoms with E-state index in [-0.39, 0.29) is 5.56 Å². The predicted octanol–water partition coefficient (Wildman–Crippen LogP) is 4.01. The van der Waals surface area contributed by atoms with Gasteiger partial charge in [-0.2, -0.15) is 0 Å². The first-order valence-corrected chi connectivity index (χ1v) is 8.61. The van der Waals surface area contributed by atoms with E-state index in [2.05, 4.69) is 4.98 Å². The fourth-order valence-corrected chi connectivity index (χ4v) is 3.44. The summed E-state index contributed by atoms with van der Waals surface area (Å²) in [5, 5.41) is 1.16. The van der Waals surface area contributed by atoms with Gasteiger partial charge in [-0.05, 0) is 54.0 Å². The second-order valence-corrected chi connectivity index (χ2v) is 6.52. The van der Waals surface area contributed by atoms with Gasteiger partial charge in [0.1, 0.15) is 5.82 Å². The molecule has 132 valence electrons. The van der Waals surface area contributed by atoms with E-state index in [1.807, 2.05) is 24.3 Å². The number of ether oxygens (including phenoxy) is 2. The molecule has 2 aromatic carbocycles. The Kier molecular flexibility index (Phi) is 4.17. The van der Waals surface area contributed by atoms with Crippen LogP contribution in [-0.2, 0) is 6.54 Å². The molecule has 26 heavy (non-hydrogen) atoms. The van der Waals surface area contributed by atoms with Gasteiger partial charge in [0.25, 0.3) is 5.56 Å². The van der Waals surface area contributed by atoms with Gasteiger partial charge in [0, 0.05) is 11.6 Å². The van der Waals surface area contributed by atoms with E-state index in [1.165, 1.54) is 0 Å². The van der Waals surface area contributed by atoms with Crippen LogP contribution in [0.4, 0.5) is 0 Å². The van der Waals surface area contributed by atoms with Gasteiger partial charge >= 0.3 is 0 Å². The Balaban J connectivity index is 1.84. The molecule has 0 radical (unpaired) electrons. The highest BCUT2D eigenvalue weighted by atomic mass is 35.5. The van der Waals surface area contributed by atoms with Crippen LogP contribution >= 0.6 is 11.6 Å². The summed E-state index contributed by atoms with van der Waals surface area (Å²) in [5.74, 6) is 2.03. The molecular formula is C20H17ClN2O3. The van der Waals surface area contributed by atoms with E-state index in [1.54, 1.807) is 37.0 Å². The number of hydrogen-bond acceptors (Lipinski definition) is 4. The third-order valence-corrected chi connectivity index (χ3v) is 4.79. The minimum Gasteiger partial charge on any atom is -0.493 e. The van der Waals surface area contributed by atoms with Crippen LogP contribution in [0.1, 0.15) is 17.8 Å². The molecule has 4 rings (SSSR count). The number of benzene rings is 2. The minimum atomic E-state index is -0.0302. The first-order valence-electron chi connectivity index (χ1n) is 8.24. The second-order valence-electron chi connectivity index (χ2n) is 6.09. The molecule has 1 aromatic heterocycles. The lowest BCUT2D eigenvalue weighted by molar-refractivity contribution is 0.355. The number of allylic oxidation sites excluding steroid dienone is 1. The Bertz CT molecular complexity index is 1100. The Morgan fingerprint density at radius 1 is 1.12 bits per heavy atom. The van der Waals surface area contributed by atoms with E-state index < -0.39 is 0 Å². The lowest BCUT2D eigenvalue weighted by atomic mass is 10.1. The van der Waals surface area contributed by atoms with E-state index >= 15 is 0 Å². The number of rotatable bonds is 3. The molecule has 0 aliphatic carbocycles. The smallest absolute Gasteiger partial charge is 0.261 e. The van der Waals surface area contributed by atoms with Crippen LogP contribution in [0.25, 0.3) is 22.6 Å². The molecule has 0 atom stereocenters. The van der Waals surface area contributed by atoms with Gasteiger partial charge in [-0.15, -0.1) is 0 Å². The molecule has 6 heteroatoms. The van der Waals surface area contributed by atoms with Crippen LogP contribution in [0, 0.1) is 0 Å². The first-order chi connectivity index (χ1) is 12.6. The SMILES string of the molecule is COc1ccc(/C=C2\CCn3c2nc2cc(Cl)ccc2c3=O)cc1OC. The monoisotopic (exact) mass is 368 g/mol. The zero-order chi connectivity index (χ0) is 18.3. The molecule has 0 bridgehead atoms. The fraction of sp³-hybridized carbons (Fsp3) is 0.200. The van der Waals surface area contributed by atoms with Crippen molar-refractivity contribution in [2.45, 2.75) is 13.0 Å². The molecule has 2 heterocycles. The van der Waals surface area contributed by atoms with E-state index in [0.29, 0.717) is 39.8 Å². The van der Waals surface area contributed by atoms with Crippen molar-refractivity contribution in [2.75, 3.05) is 14.2 Å². The molecule has 3 aromatic rings. The van der Waals surface area contributed by atoms with Gasteiger partial charge in [0.15, 0.2) is 11.5 Å². The van der Waals surface area contributed by atoms with Gasteiger partial charge in [-0.3, -0.25) is 9.36 Å². The number of aromatic nitrogens is 2. The number of halogens is 1. The van der Waals surface area contributed by atoms with Gasteiger partial charge in [0.05, 0.1) is 25.1 Å². The van der Waals surface area contributed by atoms with Gasteiger partial charge in [-0.1, -0.05) is 17.7 Å². The van der Waals surface area contributed by atoms with Crippen molar-refractivity contribution in [3.8, 4) is 11.5 Å². The topological polar surface area (TPSA) is 53.4 Å². The van der Waals surface area contributed by atoms with Crippen molar-refractivity contribution in [3.05, 3.63) is 63.2 Å². The summed E-state index contributed by atoms with van der Waals surface area (Å²) < 4.78 is 12.4. The average Bonchev–Trinajstić information content (AvgIpc) is 3.04. The molecule has 0 saturated carbocycles. The largest absolute Gasteiger partial charge is 0.493 e. The second kappa shape index (κ2) is 6.50. The fourth-order valence-electron chi connectivity index (χ4n) is 3.27. The first kappa shape index (κ1) is 16.7. The van der Waals surface area contributed by atoms with Crippen LogP contribution < -0.4 is 15.0 Å². The summed E-state index contributed by atoms with van der Waals surface area (Å²) in [4.78, 5) is 17.4. The third kappa shape index (κ3) is 2.74. The predicted molar refractivity (Wildman–Crippen MR) is 103 cm³/mol. The lowest BCUT2D eigenvalue weighted by Gasteiger charge is -2.08. The molecule has 1 aliphatic heterocycles. The maximum absolute atomic E-state index is 12.7. The Hall–Kier alpha value is -2.79. The Labute approximate surface area is 155 Å². The summed E-state index contributed by atoms with van der Waals surface area (Å²) in [6.45, 7) is 0.624. The molecule has 0 fully saturated rings. The van der Waals surface area contributed by atoms with Crippen LogP contribution in [-0.4, -0.2) is 23.8 Å². The summed E-state index contributed by atoms with van der Waals surface area (Å²) in [5.41, 5.74) is 2.56. The molecule has 5 nitrogen and oxygen atoms in total. The minimum absolute atomic E-state index is 0.0302. The lowest BCUT2D eigenvalue weighted by Crippen LogP contribution is -2.20. The molecule has 0 N–H and O–H groups in total. The van der Waals surface area contributed by atoms with Crippen molar-refractivity contribution in [3.63, 3.8) is 0 Å². The Morgan fingerprint density at radius 2 is 1.92 bits per heavy atom. The van der Waals surface area contributed by atoms with E-state index in [4.69, 9.17) is 21.1 Å². The summed E-state index contributed by atoms with van der Waals surface area (Å²) in [6, 6.07) is 10.9. The molecular weight excluding hydrogens is 352 g/mol. The molecule has 0 saturated heterocycles. The zero-order valence-corrected chi connectivity index (χ0v) is 15.2. The van der Waals surface area contributed by atoms with Gasteiger partial charge in [-0.25, -0.2) is 4.98 Å². The zero-order valence-electron chi connectivity index (χ0n) is 14.5.